The van der Waals surface area contributed by atoms with Crippen LogP contribution in [-0.2, 0) is 0 Å². The Hall–Kier alpha value is -0.900. The lowest BCUT2D eigenvalue weighted by Crippen LogP contribution is -2.02. The number of carboxylic acid groups (broad SMARTS) is 1. The van der Waals surface area contributed by atoms with Crippen molar-refractivity contribution in [3.05, 3.63) is 16.1 Å². The predicted molar refractivity (Wildman–Crippen MR) is 50.3 cm³/mol. The van der Waals surface area contributed by atoms with Gasteiger partial charge in [-0.3, -0.25) is 0 Å². The molecule has 0 amide bonds. The Labute approximate surface area is 80.4 Å². The Morgan fingerprint density at radius 1 is 1.54 bits per heavy atom. The Kier molecular flexibility index (Phi) is 2.31. The van der Waals surface area contributed by atoms with Crippen molar-refractivity contribution in [1.82, 2.24) is 4.98 Å². The van der Waals surface area contributed by atoms with Crippen molar-refractivity contribution in [2.24, 2.45) is 0 Å². The van der Waals surface area contributed by atoms with Gasteiger partial charge in [0.05, 0.1) is 11.2 Å². The number of carboxylic acids is 1. The van der Waals surface area contributed by atoms with E-state index in [9.17, 15) is 4.79 Å². The zero-order chi connectivity index (χ0) is 9.26. The zero-order valence-corrected chi connectivity index (χ0v) is 8.01. The van der Waals surface area contributed by atoms with E-state index in [0.29, 0.717) is 10.8 Å². The molecule has 0 spiro atoms. The van der Waals surface area contributed by atoms with Crippen molar-refractivity contribution in [2.45, 2.75) is 31.6 Å². The maximum Gasteiger partial charge on any atom is 0.347 e. The van der Waals surface area contributed by atoms with Crippen LogP contribution in [0.25, 0.3) is 0 Å². The zero-order valence-electron chi connectivity index (χ0n) is 7.19. The molecule has 3 nitrogen and oxygen atoms in total. The van der Waals surface area contributed by atoms with Gasteiger partial charge in [-0.2, -0.15) is 0 Å². The van der Waals surface area contributed by atoms with Crippen LogP contribution in [0, 0.1) is 0 Å². The summed E-state index contributed by atoms with van der Waals surface area (Å²) < 4.78 is 0. The third kappa shape index (κ3) is 1.58. The van der Waals surface area contributed by atoms with Gasteiger partial charge in [0.2, 0.25) is 0 Å². The summed E-state index contributed by atoms with van der Waals surface area (Å²) in [5.41, 5.74) is 2.45. The van der Waals surface area contributed by atoms with Crippen LogP contribution in [-0.4, -0.2) is 16.1 Å². The second-order valence-corrected chi connectivity index (χ2v) is 4.21. The molecule has 0 radical (unpaired) electrons. The van der Waals surface area contributed by atoms with Crippen LogP contribution < -0.4 is 0 Å². The van der Waals surface area contributed by atoms with Gasteiger partial charge in [0.1, 0.15) is 4.88 Å². The number of nitrogens with zero attached hydrogens (tertiary/aromatic N) is 1. The first-order valence-electron chi connectivity index (χ1n) is 4.45. The molecule has 0 bridgehead atoms. The molecule has 2 rings (SSSR count). The summed E-state index contributed by atoms with van der Waals surface area (Å²) in [7, 11) is 0. The highest BCUT2D eigenvalue weighted by molar-refractivity contribution is 7.11. The Morgan fingerprint density at radius 3 is 2.85 bits per heavy atom. The van der Waals surface area contributed by atoms with E-state index in [0.717, 1.165) is 18.5 Å². The topological polar surface area (TPSA) is 50.2 Å². The molecule has 4 heteroatoms. The summed E-state index contributed by atoms with van der Waals surface area (Å²) in [6.45, 7) is 0. The minimum atomic E-state index is -0.829. The average molecular weight is 197 g/mol. The van der Waals surface area contributed by atoms with E-state index in [1.54, 1.807) is 5.51 Å². The molecule has 1 aromatic heterocycles. The molecule has 0 atom stereocenters. The lowest BCUT2D eigenvalue weighted by atomic mass is 10.0. The highest BCUT2D eigenvalue weighted by Gasteiger charge is 2.24. The van der Waals surface area contributed by atoms with Gasteiger partial charge in [0.25, 0.3) is 0 Å². The quantitative estimate of drug-likeness (QED) is 0.792. The summed E-state index contributed by atoms with van der Waals surface area (Å²) in [5.74, 6) is -0.429. The molecule has 0 aromatic carbocycles. The van der Waals surface area contributed by atoms with E-state index >= 15 is 0 Å². The molecular weight excluding hydrogens is 186 g/mol. The maximum absolute atomic E-state index is 10.8. The first-order valence-corrected chi connectivity index (χ1v) is 5.33. The predicted octanol–water partition coefficient (Wildman–Crippen LogP) is 2.50. The van der Waals surface area contributed by atoms with Crippen molar-refractivity contribution in [3.8, 4) is 0 Å². The Bertz CT molecular complexity index is 315. The van der Waals surface area contributed by atoms with Crippen LogP contribution in [0.5, 0.6) is 0 Å². The molecular formula is C9H11NO2S. The first kappa shape index (κ1) is 8.69. The molecule has 70 valence electrons. The lowest BCUT2D eigenvalue weighted by molar-refractivity contribution is 0.0700. The van der Waals surface area contributed by atoms with E-state index in [2.05, 4.69) is 4.98 Å². The number of hydrogen-bond donors (Lipinski definition) is 1. The summed E-state index contributed by atoms with van der Waals surface area (Å²) in [4.78, 5) is 15.4. The van der Waals surface area contributed by atoms with Gasteiger partial charge in [-0.05, 0) is 12.8 Å². The minimum Gasteiger partial charge on any atom is -0.477 e. The van der Waals surface area contributed by atoms with E-state index < -0.39 is 5.97 Å². The first-order chi connectivity index (χ1) is 6.29. The lowest BCUT2D eigenvalue weighted by Gasteiger charge is -2.05. The second-order valence-electron chi connectivity index (χ2n) is 3.35. The smallest absolute Gasteiger partial charge is 0.347 e. The Balaban J connectivity index is 2.28. The van der Waals surface area contributed by atoms with Crippen LogP contribution in [0.2, 0.25) is 0 Å². The maximum atomic E-state index is 10.8. The van der Waals surface area contributed by atoms with Crippen molar-refractivity contribution in [3.63, 3.8) is 0 Å². The van der Waals surface area contributed by atoms with Gasteiger partial charge in [-0.25, -0.2) is 9.78 Å². The fourth-order valence-electron chi connectivity index (χ4n) is 1.90. The van der Waals surface area contributed by atoms with Gasteiger partial charge < -0.3 is 5.11 Å². The van der Waals surface area contributed by atoms with Crippen LogP contribution >= 0.6 is 11.3 Å². The number of thiazole rings is 1. The molecule has 1 aliphatic rings. The molecule has 0 unspecified atom stereocenters. The number of hydrogen-bond acceptors (Lipinski definition) is 3. The number of aromatic carboxylic acids is 1. The van der Waals surface area contributed by atoms with E-state index in [1.165, 1.54) is 24.2 Å². The van der Waals surface area contributed by atoms with Crippen molar-refractivity contribution < 1.29 is 9.90 Å². The second kappa shape index (κ2) is 3.46. The summed E-state index contributed by atoms with van der Waals surface area (Å²) >= 11 is 1.23. The molecule has 1 heterocycles. The standard InChI is InChI=1S/C9H11NO2S/c11-9(12)8-7(10-5-13-8)6-3-1-2-4-6/h5-6H,1-4H2,(H,11,12). The van der Waals surface area contributed by atoms with E-state index in [4.69, 9.17) is 5.11 Å². The van der Waals surface area contributed by atoms with Crippen LogP contribution in [0.1, 0.15) is 47.0 Å². The molecule has 1 fully saturated rings. The monoisotopic (exact) mass is 197 g/mol. The largest absolute Gasteiger partial charge is 0.477 e. The van der Waals surface area contributed by atoms with Gasteiger partial charge in [0, 0.05) is 5.92 Å². The fourth-order valence-corrected chi connectivity index (χ4v) is 2.62. The van der Waals surface area contributed by atoms with Crippen LogP contribution in [0.4, 0.5) is 0 Å². The van der Waals surface area contributed by atoms with E-state index in [-0.39, 0.29) is 0 Å². The number of rotatable bonds is 2. The molecule has 0 saturated heterocycles. The van der Waals surface area contributed by atoms with Gasteiger partial charge in [0.15, 0.2) is 0 Å². The average Bonchev–Trinajstić information content (AvgIpc) is 2.74. The van der Waals surface area contributed by atoms with Gasteiger partial charge >= 0.3 is 5.97 Å². The van der Waals surface area contributed by atoms with Crippen LogP contribution in [0.15, 0.2) is 5.51 Å². The SMILES string of the molecule is O=C(O)c1scnc1C1CCCC1. The van der Waals surface area contributed by atoms with Gasteiger partial charge in [-0.1, -0.05) is 12.8 Å². The number of aromatic nitrogens is 1. The molecule has 1 aromatic rings. The summed E-state index contributed by atoms with van der Waals surface area (Å²) in [6, 6.07) is 0. The van der Waals surface area contributed by atoms with Gasteiger partial charge in [-0.15, -0.1) is 11.3 Å². The molecule has 1 saturated carbocycles. The highest BCUT2D eigenvalue weighted by atomic mass is 32.1. The Morgan fingerprint density at radius 2 is 2.23 bits per heavy atom. The molecule has 1 aliphatic carbocycles. The third-order valence-electron chi connectivity index (χ3n) is 2.53. The van der Waals surface area contributed by atoms with Crippen molar-refractivity contribution >= 4 is 17.3 Å². The molecule has 13 heavy (non-hydrogen) atoms. The number of carbonyl (C=O) groups is 1. The summed E-state index contributed by atoms with van der Waals surface area (Å²) in [5, 5.41) is 8.89. The molecule has 0 aliphatic heterocycles. The van der Waals surface area contributed by atoms with E-state index in [1.807, 2.05) is 0 Å². The highest BCUT2D eigenvalue weighted by Crippen LogP contribution is 2.35. The summed E-state index contributed by atoms with van der Waals surface area (Å²) in [6.07, 6.45) is 4.62. The van der Waals surface area contributed by atoms with Crippen molar-refractivity contribution in [1.29, 1.82) is 0 Å². The third-order valence-corrected chi connectivity index (χ3v) is 3.36. The normalized spacial score (nSPS) is 17.8. The van der Waals surface area contributed by atoms with Crippen LogP contribution in [0.3, 0.4) is 0 Å². The minimum absolute atomic E-state index is 0.400. The van der Waals surface area contributed by atoms with Crippen molar-refractivity contribution in [2.75, 3.05) is 0 Å². The molecule has 1 N–H and O–H groups in total. The fraction of sp³-hybridized carbons (Fsp3) is 0.556.